The van der Waals surface area contributed by atoms with Crippen LogP contribution in [0.1, 0.15) is 58.9 Å². The molecular weight excluding hydrogens is 585 g/mol. The Morgan fingerprint density at radius 1 is 0.521 bits per heavy atom. The molecule has 0 saturated heterocycles. The molecule has 7 rings (SSSR count). The van der Waals surface area contributed by atoms with Crippen LogP contribution in [0.3, 0.4) is 0 Å². The number of rotatable bonds is 6. The quantitative estimate of drug-likeness (QED) is 0.198. The summed E-state index contributed by atoms with van der Waals surface area (Å²) in [6.07, 6.45) is 7.66. The molecule has 4 nitrogen and oxygen atoms in total. The van der Waals surface area contributed by atoms with E-state index in [1.807, 2.05) is 36.4 Å². The molecule has 0 saturated carbocycles. The number of nitrogens with zero attached hydrogens (tertiary/aromatic N) is 2. The van der Waals surface area contributed by atoms with Gasteiger partial charge in [0.1, 0.15) is 0 Å². The standard InChI is InChI=1S/C44H38N4/c1-9-31-25(5)41-39(29-19-15-13-16-20-29)42-27(7)33(11-3)37(47-42)24-38-34(12-4)28(8)44(48-38)40(30-21-17-14-18-22-30)43-26(6)32(10-2)36(46-43)23-35(31)45-41/h9-24,45,47H,1-4H2,5-8H3. The van der Waals surface area contributed by atoms with E-state index in [-0.39, 0.29) is 0 Å². The van der Waals surface area contributed by atoms with E-state index in [1.165, 1.54) is 0 Å². The Morgan fingerprint density at radius 3 is 1.29 bits per heavy atom. The van der Waals surface area contributed by atoms with Crippen LogP contribution in [0.4, 0.5) is 0 Å². The predicted molar refractivity (Wildman–Crippen MR) is 207 cm³/mol. The van der Waals surface area contributed by atoms with Crippen molar-refractivity contribution in [2.75, 3.05) is 0 Å². The van der Waals surface area contributed by atoms with Gasteiger partial charge in [-0.3, -0.25) is 0 Å². The van der Waals surface area contributed by atoms with Gasteiger partial charge in [-0.05, 0) is 73.2 Å². The van der Waals surface area contributed by atoms with E-state index in [0.717, 1.165) is 112 Å². The minimum atomic E-state index is 0.836. The summed E-state index contributed by atoms with van der Waals surface area (Å²) < 4.78 is 0. The third-order valence-corrected chi connectivity index (χ3v) is 9.67. The highest BCUT2D eigenvalue weighted by Crippen LogP contribution is 2.43. The number of hydrogen-bond acceptors (Lipinski definition) is 2. The molecule has 2 aliphatic heterocycles. The second kappa shape index (κ2) is 12.0. The van der Waals surface area contributed by atoms with Crippen molar-refractivity contribution in [1.82, 2.24) is 19.9 Å². The Labute approximate surface area is 282 Å². The number of aromatic nitrogens is 4. The highest BCUT2D eigenvalue weighted by Gasteiger charge is 2.26. The summed E-state index contributed by atoms with van der Waals surface area (Å²) in [5.41, 5.74) is 19.8. The number of fused-ring (bicyclic) bond motifs is 8. The molecule has 0 unspecified atom stereocenters. The molecule has 0 fully saturated rings. The molecule has 8 bridgehead atoms. The molecule has 48 heavy (non-hydrogen) atoms. The zero-order valence-electron chi connectivity index (χ0n) is 28.0. The van der Waals surface area contributed by atoms with Crippen LogP contribution in [0.2, 0.25) is 0 Å². The van der Waals surface area contributed by atoms with Gasteiger partial charge in [0, 0.05) is 44.4 Å². The number of allylic oxidation sites excluding steroid dienone is 6. The van der Waals surface area contributed by atoms with Gasteiger partial charge < -0.3 is 9.97 Å². The zero-order chi connectivity index (χ0) is 33.7. The SMILES string of the molecule is C=CC1=C(C)c2nc1cc1[nH]c(c(C)c1C=C)c(-c1ccccc1)c1[nH]c(cc3nc(c2-c2ccccc2)C(C)=C3C=C)c(C=C)c1C. The maximum atomic E-state index is 5.35. The second-order valence-electron chi connectivity index (χ2n) is 12.3. The lowest BCUT2D eigenvalue weighted by molar-refractivity contribution is 1.25. The lowest BCUT2D eigenvalue weighted by Crippen LogP contribution is -1.92. The van der Waals surface area contributed by atoms with Crippen molar-refractivity contribution in [3.63, 3.8) is 0 Å². The van der Waals surface area contributed by atoms with Crippen LogP contribution in [-0.4, -0.2) is 19.9 Å². The highest BCUT2D eigenvalue weighted by molar-refractivity contribution is 6.06. The van der Waals surface area contributed by atoms with Gasteiger partial charge in [0.05, 0.1) is 33.8 Å². The van der Waals surface area contributed by atoms with E-state index in [0.29, 0.717) is 0 Å². The third-order valence-electron chi connectivity index (χ3n) is 9.67. The first-order chi connectivity index (χ1) is 23.3. The fourth-order valence-electron chi connectivity index (χ4n) is 7.19. The molecular formula is C44H38N4. The fraction of sp³-hybridized carbons (Fsp3) is 0.0909. The molecule has 234 valence electrons. The van der Waals surface area contributed by atoms with Crippen LogP contribution >= 0.6 is 0 Å². The summed E-state index contributed by atoms with van der Waals surface area (Å²) >= 11 is 0. The van der Waals surface area contributed by atoms with Crippen molar-refractivity contribution in [1.29, 1.82) is 0 Å². The smallest absolute Gasteiger partial charge is 0.0773 e. The van der Waals surface area contributed by atoms with Gasteiger partial charge in [0.15, 0.2) is 0 Å². The number of nitrogens with one attached hydrogen (secondary N) is 2. The molecule has 2 aliphatic rings. The summed E-state index contributed by atoms with van der Waals surface area (Å²) in [6, 6.07) is 25.1. The number of hydrogen-bond donors (Lipinski definition) is 2. The molecule has 3 aromatic heterocycles. The lowest BCUT2D eigenvalue weighted by Gasteiger charge is -2.09. The Morgan fingerprint density at radius 2 is 0.917 bits per heavy atom. The topological polar surface area (TPSA) is 57.4 Å². The van der Waals surface area contributed by atoms with Crippen LogP contribution in [0, 0.1) is 13.8 Å². The van der Waals surface area contributed by atoms with Crippen LogP contribution in [-0.2, 0) is 0 Å². The second-order valence-corrected chi connectivity index (χ2v) is 12.3. The largest absolute Gasteiger partial charge is 0.354 e. The highest BCUT2D eigenvalue weighted by atomic mass is 14.8. The van der Waals surface area contributed by atoms with Gasteiger partial charge in [0.25, 0.3) is 0 Å². The van der Waals surface area contributed by atoms with Crippen molar-refractivity contribution in [3.8, 4) is 22.3 Å². The van der Waals surface area contributed by atoms with Crippen molar-refractivity contribution in [2.24, 2.45) is 0 Å². The number of aromatic amines is 2. The summed E-state index contributed by atoms with van der Waals surface area (Å²) in [7, 11) is 0. The van der Waals surface area contributed by atoms with Crippen molar-refractivity contribution in [3.05, 3.63) is 156 Å². The van der Waals surface area contributed by atoms with Crippen LogP contribution in [0.5, 0.6) is 0 Å². The van der Waals surface area contributed by atoms with Gasteiger partial charge in [-0.2, -0.15) is 0 Å². The van der Waals surface area contributed by atoms with Crippen molar-refractivity contribution < 1.29 is 0 Å². The molecule has 5 aromatic rings. The van der Waals surface area contributed by atoms with Crippen LogP contribution < -0.4 is 0 Å². The van der Waals surface area contributed by atoms with E-state index in [2.05, 4.69) is 125 Å². The van der Waals surface area contributed by atoms with Crippen LogP contribution in [0.15, 0.2) is 111 Å². The van der Waals surface area contributed by atoms with Gasteiger partial charge in [-0.25, -0.2) is 9.97 Å². The summed E-state index contributed by atoms with van der Waals surface area (Å²) in [4.78, 5) is 18.3. The predicted octanol–water partition coefficient (Wildman–Crippen LogP) is 11.8. The number of aryl methyl sites for hydroxylation is 2. The van der Waals surface area contributed by atoms with Gasteiger partial charge in [-0.15, -0.1) is 0 Å². The van der Waals surface area contributed by atoms with E-state index >= 15 is 0 Å². The molecule has 0 amide bonds. The molecule has 0 atom stereocenters. The lowest BCUT2D eigenvalue weighted by atomic mass is 9.94. The normalized spacial score (nSPS) is 12.8. The molecule has 0 spiro atoms. The molecule has 0 radical (unpaired) electrons. The van der Waals surface area contributed by atoms with Gasteiger partial charge >= 0.3 is 0 Å². The van der Waals surface area contributed by atoms with E-state index in [1.54, 1.807) is 0 Å². The summed E-state index contributed by atoms with van der Waals surface area (Å²) in [6.45, 7) is 25.4. The molecule has 2 aromatic carbocycles. The molecule has 0 aliphatic carbocycles. The minimum absolute atomic E-state index is 0.836. The zero-order valence-corrected chi connectivity index (χ0v) is 28.0. The maximum Gasteiger partial charge on any atom is 0.0773 e. The Balaban J connectivity index is 1.80. The van der Waals surface area contributed by atoms with Crippen molar-refractivity contribution in [2.45, 2.75) is 27.7 Å². The van der Waals surface area contributed by atoms with E-state index in [4.69, 9.17) is 9.97 Å². The summed E-state index contributed by atoms with van der Waals surface area (Å²) in [5.74, 6) is 0. The first-order valence-corrected chi connectivity index (χ1v) is 16.2. The van der Waals surface area contributed by atoms with Gasteiger partial charge in [0.2, 0.25) is 0 Å². The molecule has 4 heteroatoms. The molecule has 2 N–H and O–H groups in total. The molecule has 5 heterocycles. The number of benzene rings is 2. The first-order valence-electron chi connectivity index (χ1n) is 16.2. The Bertz CT molecular complexity index is 2300. The summed E-state index contributed by atoms with van der Waals surface area (Å²) in [5, 5.41) is 0. The monoisotopic (exact) mass is 622 g/mol. The third kappa shape index (κ3) is 4.68. The Hall–Kier alpha value is -6.00. The minimum Gasteiger partial charge on any atom is -0.354 e. The van der Waals surface area contributed by atoms with Gasteiger partial charge in [-0.1, -0.05) is 111 Å². The number of H-pyrrole nitrogens is 2. The van der Waals surface area contributed by atoms with Crippen LogP contribution in [0.25, 0.3) is 78.8 Å². The van der Waals surface area contributed by atoms with E-state index in [9.17, 15) is 0 Å². The van der Waals surface area contributed by atoms with Crippen molar-refractivity contribution >= 4 is 56.5 Å². The Kier molecular flexibility index (Phi) is 7.65. The maximum absolute atomic E-state index is 5.35. The average molecular weight is 623 g/mol. The first kappa shape index (κ1) is 30.6. The fourth-order valence-corrected chi connectivity index (χ4v) is 7.19. The average Bonchev–Trinajstić information content (AvgIpc) is 3.79. The van der Waals surface area contributed by atoms with E-state index < -0.39 is 0 Å².